The predicted molar refractivity (Wildman–Crippen MR) is 83.1 cm³/mol. The van der Waals surface area contributed by atoms with Crippen molar-refractivity contribution in [2.45, 2.75) is 38.1 Å². The second-order valence-corrected chi connectivity index (χ2v) is 6.96. The molecular formula is C15H19F3N4O3. The summed E-state index contributed by atoms with van der Waals surface area (Å²) in [5.74, 6) is -1.20. The maximum absolute atomic E-state index is 12.9. The number of aryl methyl sites for hydroxylation is 2. The lowest BCUT2D eigenvalue weighted by atomic mass is 9.66. The standard InChI is InChI=1S/C15H19F3N4O3/c1-14(25,15(16,17)18)9-4-8(5-9)6-22-12(23)10-11(19-7-20(10)2)21(3)13(22)24/h7-9,25H,4-6H2,1-3H3/t8-,9-,14?. The highest BCUT2D eigenvalue weighted by Crippen LogP contribution is 2.48. The Morgan fingerprint density at radius 2 is 1.88 bits per heavy atom. The molecule has 0 saturated heterocycles. The van der Waals surface area contributed by atoms with Gasteiger partial charge in [0, 0.05) is 20.6 Å². The molecule has 2 aromatic heterocycles. The van der Waals surface area contributed by atoms with E-state index < -0.39 is 28.9 Å². The highest BCUT2D eigenvalue weighted by molar-refractivity contribution is 5.69. The Bertz CT molecular complexity index is 932. The Morgan fingerprint density at radius 3 is 2.44 bits per heavy atom. The predicted octanol–water partition coefficient (Wildman–Crippen LogP) is 0.773. The molecule has 1 saturated carbocycles. The van der Waals surface area contributed by atoms with E-state index in [0.717, 1.165) is 11.5 Å². The number of aromatic nitrogens is 4. The number of rotatable bonds is 3. The molecule has 1 N–H and O–H groups in total. The third-order valence-corrected chi connectivity index (χ3v) is 5.25. The number of hydrogen-bond acceptors (Lipinski definition) is 4. The smallest absolute Gasteiger partial charge is 0.380 e. The normalized spacial score (nSPS) is 23.5. The summed E-state index contributed by atoms with van der Waals surface area (Å²) in [6.45, 7) is 0.790. The third kappa shape index (κ3) is 2.59. The van der Waals surface area contributed by atoms with Crippen LogP contribution in [0, 0.1) is 11.8 Å². The van der Waals surface area contributed by atoms with Gasteiger partial charge in [0.2, 0.25) is 0 Å². The van der Waals surface area contributed by atoms with E-state index in [2.05, 4.69) is 4.98 Å². The fourth-order valence-corrected chi connectivity index (χ4v) is 3.39. The monoisotopic (exact) mass is 360 g/mol. The number of alkyl halides is 3. The maximum Gasteiger partial charge on any atom is 0.417 e. The molecule has 2 heterocycles. The summed E-state index contributed by atoms with van der Waals surface area (Å²) in [6.07, 6.45) is -3.07. The molecule has 3 rings (SSSR count). The SMILES string of the molecule is Cn1cnc2c1c(=O)n(C[C@H]1C[C@H](C(C)(O)C(F)(F)F)C1)c(=O)n2C. The van der Waals surface area contributed by atoms with Crippen molar-refractivity contribution in [3.05, 3.63) is 27.2 Å². The van der Waals surface area contributed by atoms with Crippen LogP contribution in [0.25, 0.3) is 11.2 Å². The Hall–Kier alpha value is -2.10. The zero-order chi connectivity index (χ0) is 18.7. The van der Waals surface area contributed by atoms with Gasteiger partial charge >= 0.3 is 11.9 Å². The van der Waals surface area contributed by atoms with Crippen LogP contribution >= 0.6 is 0 Å². The van der Waals surface area contributed by atoms with E-state index in [0.29, 0.717) is 0 Å². The second-order valence-electron chi connectivity index (χ2n) is 6.96. The van der Waals surface area contributed by atoms with Crippen LogP contribution in [0.3, 0.4) is 0 Å². The average molecular weight is 360 g/mol. The van der Waals surface area contributed by atoms with Crippen LogP contribution in [0.15, 0.2) is 15.9 Å². The Labute approximate surface area is 140 Å². The number of aliphatic hydroxyl groups is 1. The molecular weight excluding hydrogens is 341 g/mol. The number of halogens is 3. The summed E-state index contributed by atoms with van der Waals surface area (Å²) < 4.78 is 42.4. The molecule has 1 unspecified atom stereocenters. The van der Waals surface area contributed by atoms with E-state index in [1.807, 2.05) is 0 Å². The minimum Gasteiger partial charge on any atom is -0.380 e. The van der Waals surface area contributed by atoms with Crippen molar-refractivity contribution < 1.29 is 18.3 Å². The lowest BCUT2D eigenvalue weighted by Crippen LogP contribution is -2.54. The minimum absolute atomic E-state index is 0.0249. The van der Waals surface area contributed by atoms with Gasteiger partial charge in [0.25, 0.3) is 5.56 Å². The quantitative estimate of drug-likeness (QED) is 0.877. The first kappa shape index (κ1) is 17.7. The minimum atomic E-state index is -4.71. The lowest BCUT2D eigenvalue weighted by Gasteiger charge is -2.44. The van der Waals surface area contributed by atoms with Crippen molar-refractivity contribution in [2.75, 3.05) is 0 Å². The summed E-state index contributed by atoms with van der Waals surface area (Å²) >= 11 is 0. The number of nitrogens with zero attached hydrogens (tertiary/aromatic N) is 4. The number of imidazole rings is 1. The van der Waals surface area contributed by atoms with Crippen molar-refractivity contribution in [3.63, 3.8) is 0 Å². The van der Waals surface area contributed by atoms with Gasteiger partial charge in [0.05, 0.1) is 6.33 Å². The van der Waals surface area contributed by atoms with Gasteiger partial charge < -0.3 is 9.67 Å². The summed E-state index contributed by atoms with van der Waals surface area (Å²) in [4.78, 5) is 28.9. The van der Waals surface area contributed by atoms with Crippen LogP contribution in [0.4, 0.5) is 13.2 Å². The van der Waals surface area contributed by atoms with Gasteiger partial charge in [0.1, 0.15) is 0 Å². The number of hydrogen-bond donors (Lipinski definition) is 1. The van der Waals surface area contributed by atoms with Crippen LogP contribution in [-0.2, 0) is 20.6 Å². The van der Waals surface area contributed by atoms with Gasteiger partial charge in [-0.25, -0.2) is 9.78 Å². The molecule has 1 aliphatic carbocycles. The van der Waals surface area contributed by atoms with Crippen LogP contribution < -0.4 is 11.2 Å². The van der Waals surface area contributed by atoms with Gasteiger partial charge in [0.15, 0.2) is 16.8 Å². The molecule has 1 atom stereocenters. The van der Waals surface area contributed by atoms with Crippen molar-refractivity contribution in [2.24, 2.45) is 25.9 Å². The maximum atomic E-state index is 12.9. The Balaban J connectivity index is 1.86. The zero-order valence-corrected chi connectivity index (χ0v) is 14.0. The molecule has 0 aromatic carbocycles. The molecule has 2 aromatic rings. The van der Waals surface area contributed by atoms with Crippen molar-refractivity contribution in [3.8, 4) is 0 Å². The fraction of sp³-hybridized carbons (Fsp3) is 0.667. The first-order valence-corrected chi connectivity index (χ1v) is 7.85. The fourth-order valence-electron chi connectivity index (χ4n) is 3.39. The molecule has 1 aliphatic rings. The van der Waals surface area contributed by atoms with Gasteiger partial charge in [-0.05, 0) is 31.6 Å². The second kappa shape index (κ2) is 5.45. The van der Waals surface area contributed by atoms with E-state index >= 15 is 0 Å². The highest BCUT2D eigenvalue weighted by atomic mass is 19.4. The molecule has 138 valence electrons. The summed E-state index contributed by atoms with van der Waals surface area (Å²) in [5.41, 5.74) is -3.29. The Kier molecular flexibility index (Phi) is 3.86. The van der Waals surface area contributed by atoms with Gasteiger partial charge in [-0.1, -0.05) is 0 Å². The summed E-state index contributed by atoms with van der Waals surface area (Å²) in [7, 11) is 3.12. The molecule has 0 spiro atoms. The van der Waals surface area contributed by atoms with Crippen LogP contribution in [0.2, 0.25) is 0 Å². The zero-order valence-electron chi connectivity index (χ0n) is 14.0. The van der Waals surface area contributed by atoms with E-state index in [4.69, 9.17) is 0 Å². The van der Waals surface area contributed by atoms with E-state index in [1.54, 1.807) is 7.05 Å². The highest BCUT2D eigenvalue weighted by Gasteiger charge is 2.57. The third-order valence-electron chi connectivity index (χ3n) is 5.25. The molecule has 7 nitrogen and oxygen atoms in total. The van der Waals surface area contributed by atoms with Gasteiger partial charge in [-0.2, -0.15) is 13.2 Å². The molecule has 1 fully saturated rings. The molecule has 0 amide bonds. The molecule has 25 heavy (non-hydrogen) atoms. The molecule has 0 aliphatic heterocycles. The van der Waals surface area contributed by atoms with Crippen LogP contribution in [0.5, 0.6) is 0 Å². The van der Waals surface area contributed by atoms with E-state index in [-0.39, 0.29) is 36.5 Å². The molecule has 0 radical (unpaired) electrons. The van der Waals surface area contributed by atoms with Crippen molar-refractivity contribution >= 4 is 11.2 Å². The summed E-state index contributed by atoms with van der Waals surface area (Å²) in [5, 5.41) is 9.69. The molecule has 0 bridgehead atoms. The average Bonchev–Trinajstić information content (AvgIpc) is 2.83. The topological polar surface area (TPSA) is 82.1 Å². The van der Waals surface area contributed by atoms with Crippen molar-refractivity contribution in [1.82, 2.24) is 18.7 Å². The van der Waals surface area contributed by atoms with Gasteiger partial charge in [-0.15, -0.1) is 0 Å². The first-order valence-electron chi connectivity index (χ1n) is 7.85. The Morgan fingerprint density at radius 1 is 1.28 bits per heavy atom. The largest absolute Gasteiger partial charge is 0.417 e. The number of fused-ring (bicyclic) bond motifs is 1. The molecule has 10 heteroatoms. The van der Waals surface area contributed by atoms with Gasteiger partial charge in [-0.3, -0.25) is 13.9 Å². The lowest BCUT2D eigenvalue weighted by molar-refractivity contribution is -0.284. The first-order chi connectivity index (χ1) is 11.4. The van der Waals surface area contributed by atoms with Crippen LogP contribution in [0.1, 0.15) is 19.8 Å². The van der Waals surface area contributed by atoms with Crippen molar-refractivity contribution in [1.29, 1.82) is 0 Å². The summed E-state index contributed by atoms with van der Waals surface area (Å²) in [6, 6.07) is 0. The van der Waals surface area contributed by atoms with Crippen LogP contribution in [-0.4, -0.2) is 35.6 Å². The van der Waals surface area contributed by atoms with E-state index in [9.17, 15) is 27.9 Å². The van der Waals surface area contributed by atoms with E-state index in [1.165, 1.54) is 22.5 Å².